The molecule has 1 N–H and O–H groups in total. The minimum atomic E-state index is -0.126. The summed E-state index contributed by atoms with van der Waals surface area (Å²) >= 11 is 0. The molecule has 1 aromatic carbocycles. The maximum Gasteiger partial charge on any atom is 0.231 e. The largest absolute Gasteiger partial charge is 0.491 e. The minimum Gasteiger partial charge on any atom is -0.491 e. The zero-order chi connectivity index (χ0) is 13.9. The summed E-state index contributed by atoms with van der Waals surface area (Å²) in [5, 5.41) is 2.77. The lowest BCUT2D eigenvalue weighted by molar-refractivity contribution is -0.127. The van der Waals surface area contributed by atoms with Crippen LogP contribution in [-0.2, 0) is 9.59 Å². The van der Waals surface area contributed by atoms with Gasteiger partial charge in [0.15, 0.2) is 0 Å². The van der Waals surface area contributed by atoms with Crippen LogP contribution in [0.1, 0.15) is 19.3 Å². The predicted molar refractivity (Wildman–Crippen MR) is 74.6 cm³/mol. The van der Waals surface area contributed by atoms with E-state index in [0.29, 0.717) is 32.5 Å². The molecule has 0 spiro atoms. The van der Waals surface area contributed by atoms with Gasteiger partial charge in [-0.1, -0.05) is 12.1 Å². The van der Waals surface area contributed by atoms with Gasteiger partial charge in [0, 0.05) is 19.5 Å². The summed E-state index contributed by atoms with van der Waals surface area (Å²) in [5.41, 5.74) is 0.840. The van der Waals surface area contributed by atoms with Crippen LogP contribution in [0.15, 0.2) is 24.3 Å². The van der Waals surface area contributed by atoms with Gasteiger partial charge in [-0.3, -0.25) is 9.59 Å². The Labute approximate surface area is 117 Å². The third kappa shape index (κ3) is 2.48. The van der Waals surface area contributed by atoms with E-state index in [2.05, 4.69) is 5.32 Å². The molecule has 20 heavy (non-hydrogen) atoms. The highest BCUT2D eigenvalue weighted by Gasteiger charge is 2.30. The molecule has 1 atom stereocenters. The van der Waals surface area contributed by atoms with Gasteiger partial charge in [0.25, 0.3) is 0 Å². The second-order valence-electron chi connectivity index (χ2n) is 5.20. The standard InChI is InChI=1S/C15H18N2O3/c18-14-7-6-11(10-16-14)15(19)17-8-3-9-20-13-5-2-1-4-12(13)17/h1-2,4-5,11H,3,6-10H2,(H,16,18). The number of carbonyl (C=O) groups excluding carboxylic acids is 2. The number of piperidine rings is 1. The van der Waals surface area contributed by atoms with Crippen molar-refractivity contribution in [3.8, 4) is 5.75 Å². The number of benzene rings is 1. The molecule has 0 saturated carbocycles. The highest BCUT2D eigenvalue weighted by molar-refractivity contribution is 5.97. The van der Waals surface area contributed by atoms with Crippen molar-refractivity contribution in [2.45, 2.75) is 19.3 Å². The molecule has 5 nitrogen and oxygen atoms in total. The Balaban J connectivity index is 1.82. The van der Waals surface area contributed by atoms with Crippen molar-refractivity contribution in [3.05, 3.63) is 24.3 Å². The van der Waals surface area contributed by atoms with E-state index in [9.17, 15) is 9.59 Å². The first-order valence-corrected chi connectivity index (χ1v) is 7.05. The maximum atomic E-state index is 12.7. The zero-order valence-corrected chi connectivity index (χ0v) is 11.3. The molecule has 106 valence electrons. The quantitative estimate of drug-likeness (QED) is 0.840. The van der Waals surface area contributed by atoms with Crippen molar-refractivity contribution in [2.24, 2.45) is 5.92 Å². The van der Waals surface area contributed by atoms with Crippen molar-refractivity contribution in [1.29, 1.82) is 0 Å². The first kappa shape index (κ1) is 13.0. The Morgan fingerprint density at radius 2 is 2.20 bits per heavy atom. The van der Waals surface area contributed by atoms with Gasteiger partial charge in [0.1, 0.15) is 5.75 Å². The fourth-order valence-electron chi connectivity index (χ4n) is 2.72. The van der Waals surface area contributed by atoms with E-state index in [1.165, 1.54) is 0 Å². The average molecular weight is 274 g/mol. The summed E-state index contributed by atoms with van der Waals surface area (Å²) in [6.07, 6.45) is 1.88. The SMILES string of the molecule is O=C1CCC(C(=O)N2CCCOc3ccccc32)CN1. The topological polar surface area (TPSA) is 58.6 Å². The van der Waals surface area contributed by atoms with Crippen molar-refractivity contribution in [2.75, 3.05) is 24.6 Å². The monoisotopic (exact) mass is 274 g/mol. The van der Waals surface area contributed by atoms with Gasteiger partial charge in [-0.2, -0.15) is 0 Å². The second kappa shape index (κ2) is 5.53. The van der Waals surface area contributed by atoms with Crippen molar-refractivity contribution in [1.82, 2.24) is 5.32 Å². The Hall–Kier alpha value is -2.04. The predicted octanol–water partition coefficient (Wildman–Crippen LogP) is 1.33. The van der Waals surface area contributed by atoms with Crippen LogP contribution in [0.2, 0.25) is 0 Å². The van der Waals surface area contributed by atoms with Gasteiger partial charge in [-0.25, -0.2) is 0 Å². The first-order chi connectivity index (χ1) is 9.75. The van der Waals surface area contributed by atoms with E-state index in [1.54, 1.807) is 0 Å². The summed E-state index contributed by atoms with van der Waals surface area (Å²) in [6.45, 7) is 1.74. The number of ether oxygens (including phenoxy) is 1. The molecule has 0 aromatic heterocycles. The lowest BCUT2D eigenvalue weighted by atomic mass is 9.97. The van der Waals surface area contributed by atoms with Crippen LogP contribution < -0.4 is 15.0 Å². The van der Waals surface area contributed by atoms with Gasteiger partial charge in [0.05, 0.1) is 18.2 Å². The molecule has 5 heteroatoms. The molecule has 1 aromatic rings. The Bertz CT molecular complexity index is 520. The normalized spacial score (nSPS) is 22.3. The fourth-order valence-corrected chi connectivity index (χ4v) is 2.72. The van der Waals surface area contributed by atoms with E-state index >= 15 is 0 Å². The van der Waals surface area contributed by atoms with E-state index in [1.807, 2.05) is 29.2 Å². The lowest BCUT2D eigenvalue weighted by Gasteiger charge is -2.29. The molecular weight excluding hydrogens is 256 g/mol. The summed E-state index contributed by atoms with van der Waals surface area (Å²) < 4.78 is 5.67. The minimum absolute atomic E-state index is 0.0358. The number of para-hydroxylation sites is 2. The molecule has 0 bridgehead atoms. The number of rotatable bonds is 1. The number of nitrogens with one attached hydrogen (secondary N) is 1. The molecule has 2 aliphatic heterocycles. The van der Waals surface area contributed by atoms with Crippen LogP contribution in [0.25, 0.3) is 0 Å². The molecule has 2 aliphatic rings. The molecule has 2 amide bonds. The van der Waals surface area contributed by atoms with Crippen molar-refractivity contribution >= 4 is 17.5 Å². The van der Waals surface area contributed by atoms with E-state index in [-0.39, 0.29) is 17.7 Å². The molecule has 0 radical (unpaired) electrons. The maximum absolute atomic E-state index is 12.7. The Kier molecular flexibility index (Phi) is 3.58. The number of amides is 2. The van der Waals surface area contributed by atoms with E-state index < -0.39 is 0 Å². The van der Waals surface area contributed by atoms with Crippen LogP contribution in [-0.4, -0.2) is 31.5 Å². The zero-order valence-electron chi connectivity index (χ0n) is 11.3. The smallest absolute Gasteiger partial charge is 0.231 e. The summed E-state index contributed by atoms with van der Waals surface area (Å²) in [5.74, 6) is 0.758. The molecular formula is C15H18N2O3. The van der Waals surface area contributed by atoms with Gasteiger partial charge in [-0.05, 0) is 25.0 Å². The Morgan fingerprint density at radius 3 is 3.00 bits per heavy atom. The lowest BCUT2D eigenvalue weighted by Crippen LogP contribution is -2.45. The Morgan fingerprint density at radius 1 is 1.35 bits per heavy atom. The summed E-state index contributed by atoms with van der Waals surface area (Å²) in [4.78, 5) is 25.7. The molecule has 0 aliphatic carbocycles. The highest BCUT2D eigenvalue weighted by atomic mass is 16.5. The number of anilines is 1. The van der Waals surface area contributed by atoms with Crippen LogP contribution >= 0.6 is 0 Å². The number of fused-ring (bicyclic) bond motifs is 1. The van der Waals surface area contributed by atoms with Gasteiger partial charge in [-0.15, -0.1) is 0 Å². The number of hydrogen-bond donors (Lipinski definition) is 1. The molecule has 1 unspecified atom stereocenters. The van der Waals surface area contributed by atoms with Crippen LogP contribution in [0.3, 0.4) is 0 Å². The first-order valence-electron chi connectivity index (χ1n) is 7.05. The van der Waals surface area contributed by atoms with Crippen molar-refractivity contribution in [3.63, 3.8) is 0 Å². The molecule has 3 rings (SSSR count). The van der Waals surface area contributed by atoms with Gasteiger partial charge < -0.3 is 15.0 Å². The van der Waals surface area contributed by atoms with E-state index in [0.717, 1.165) is 17.9 Å². The molecule has 1 saturated heterocycles. The van der Waals surface area contributed by atoms with Crippen LogP contribution in [0.4, 0.5) is 5.69 Å². The van der Waals surface area contributed by atoms with Gasteiger partial charge >= 0.3 is 0 Å². The molecule has 1 fully saturated rings. The third-order valence-corrected chi connectivity index (χ3v) is 3.82. The summed E-state index contributed by atoms with van der Waals surface area (Å²) in [6, 6.07) is 7.63. The third-order valence-electron chi connectivity index (χ3n) is 3.82. The highest BCUT2D eigenvalue weighted by Crippen LogP contribution is 2.32. The van der Waals surface area contributed by atoms with Crippen LogP contribution in [0, 0.1) is 5.92 Å². The van der Waals surface area contributed by atoms with Crippen LogP contribution in [0.5, 0.6) is 5.75 Å². The van der Waals surface area contributed by atoms with Crippen molar-refractivity contribution < 1.29 is 14.3 Å². The fraction of sp³-hybridized carbons (Fsp3) is 0.467. The second-order valence-corrected chi connectivity index (χ2v) is 5.20. The number of hydrogen-bond acceptors (Lipinski definition) is 3. The number of nitrogens with zero attached hydrogens (tertiary/aromatic N) is 1. The molecule has 2 heterocycles. The van der Waals surface area contributed by atoms with E-state index in [4.69, 9.17) is 4.74 Å². The summed E-state index contributed by atoms with van der Waals surface area (Å²) in [7, 11) is 0. The average Bonchev–Trinajstić information content (AvgIpc) is 2.69. The number of carbonyl (C=O) groups is 2. The van der Waals surface area contributed by atoms with Gasteiger partial charge in [0.2, 0.25) is 11.8 Å².